The van der Waals surface area contributed by atoms with Crippen LogP contribution >= 0.6 is 0 Å². The molecule has 0 spiro atoms. The van der Waals surface area contributed by atoms with Gasteiger partial charge in [-0.3, -0.25) is 0 Å². The van der Waals surface area contributed by atoms with Gasteiger partial charge in [-0.25, -0.2) is 13.1 Å². The summed E-state index contributed by atoms with van der Waals surface area (Å²) in [7, 11) is -3.09. The van der Waals surface area contributed by atoms with Gasteiger partial charge in [-0.15, -0.1) is 0 Å². The molecule has 0 saturated carbocycles. The Balaban J connectivity index is 2.43. The largest absolute Gasteiger partial charge is 0.494 e. The van der Waals surface area contributed by atoms with Gasteiger partial charge in [-0.1, -0.05) is 12.1 Å². The lowest BCUT2D eigenvalue weighted by atomic mass is 10.1. The van der Waals surface area contributed by atoms with Crippen molar-refractivity contribution >= 4 is 10.0 Å². The molecule has 1 rings (SSSR count). The summed E-state index contributed by atoms with van der Waals surface area (Å²) in [5, 5.41) is 0. The van der Waals surface area contributed by atoms with Crippen molar-refractivity contribution in [1.82, 2.24) is 4.72 Å². The fourth-order valence-electron chi connectivity index (χ4n) is 1.30. The second kappa shape index (κ2) is 5.86. The van der Waals surface area contributed by atoms with Crippen molar-refractivity contribution in [3.05, 3.63) is 29.8 Å². The molecule has 0 aliphatic carbocycles. The average Bonchev–Trinajstić information content (AvgIpc) is 2.19. The molecule has 0 amide bonds. The molecule has 90 valence electrons. The van der Waals surface area contributed by atoms with Gasteiger partial charge in [0.25, 0.3) is 0 Å². The first-order chi connectivity index (χ1) is 7.51. The lowest BCUT2D eigenvalue weighted by molar-refractivity contribution is 0.340. The van der Waals surface area contributed by atoms with Gasteiger partial charge in [-0.2, -0.15) is 0 Å². The van der Waals surface area contributed by atoms with E-state index in [9.17, 15) is 8.42 Å². The standard InChI is InChI=1S/C11H17NO3S/c1-3-15-11-6-4-10(5-7-11)8-9-12-16(2,13)14/h4-7,12H,3,8-9H2,1-2H3. The van der Waals surface area contributed by atoms with Gasteiger partial charge in [0.15, 0.2) is 0 Å². The monoisotopic (exact) mass is 243 g/mol. The highest BCUT2D eigenvalue weighted by Crippen LogP contribution is 2.12. The normalized spacial score (nSPS) is 11.4. The summed E-state index contributed by atoms with van der Waals surface area (Å²) in [4.78, 5) is 0. The van der Waals surface area contributed by atoms with E-state index in [0.717, 1.165) is 17.6 Å². The number of sulfonamides is 1. The van der Waals surface area contributed by atoms with E-state index in [0.29, 0.717) is 19.6 Å². The zero-order chi connectivity index (χ0) is 12.0. The van der Waals surface area contributed by atoms with E-state index in [1.54, 1.807) is 0 Å². The highest BCUT2D eigenvalue weighted by molar-refractivity contribution is 7.88. The maximum absolute atomic E-state index is 10.8. The Labute approximate surface area is 96.7 Å². The summed E-state index contributed by atoms with van der Waals surface area (Å²) < 4.78 is 29.4. The number of hydrogen-bond donors (Lipinski definition) is 1. The second-order valence-electron chi connectivity index (χ2n) is 3.49. The summed E-state index contributed by atoms with van der Waals surface area (Å²) in [5.74, 6) is 0.835. The molecule has 0 atom stereocenters. The number of ether oxygens (including phenoxy) is 1. The van der Waals surface area contributed by atoms with Crippen molar-refractivity contribution in [3.8, 4) is 5.75 Å². The third-order valence-corrected chi connectivity index (χ3v) is 2.74. The SMILES string of the molecule is CCOc1ccc(CCNS(C)(=O)=O)cc1. The summed E-state index contributed by atoms with van der Waals surface area (Å²) in [6.07, 6.45) is 1.84. The van der Waals surface area contributed by atoms with Gasteiger partial charge in [0.2, 0.25) is 10.0 Å². The molecule has 4 nitrogen and oxygen atoms in total. The smallest absolute Gasteiger partial charge is 0.208 e. The van der Waals surface area contributed by atoms with Crippen LogP contribution in [0.4, 0.5) is 0 Å². The molecule has 0 heterocycles. The third kappa shape index (κ3) is 5.14. The van der Waals surface area contributed by atoms with Crippen molar-refractivity contribution < 1.29 is 13.2 Å². The van der Waals surface area contributed by atoms with Crippen LogP contribution in [-0.4, -0.2) is 27.8 Å². The Bertz CT molecular complexity index is 411. The minimum absolute atomic E-state index is 0.423. The van der Waals surface area contributed by atoms with Crippen LogP contribution in [0.25, 0.3) is 0 Å². The molecular formula is C11H17NO3S. The van der Waals surface area contributed by atoms with Crippen LogP contribution in [0.15, 0.2) is 24.3 Å². The predicted molar refractivity (Wildman–Crippen MR) is 64.2 cm³/mol. The summed E-state index contributed by atoms with van der Waals surface area (Å²) in [5.41, 5.74) is 1.08. The van der Waals surface area contributed by atoms with Crippen LogP contribution in [0.5, 0.6) is 5.75 Å². The van der Waals surface area contributed by atoms with Gasteiger partial charge < -0.3 is 4.74 Å². The lowest BCUT2D eigenvalue weighted by Crippen LogP contribution is -2.24. The van der Waals surface area contributed by atoms with Crippen LogP contribution in [0.1, 0.15) is 12.5 Å². The quantitative estimate of drug-likeness (QED) is 0.816. The molecule has 1 aromatic rings. The van der Waals surface area contributed by atoms with Crippen LogP contribution in [0.2, 0.25) is 0 Å². The van der Waals surface area contributed by atoms with Crippen LogP contribution in [0, 0.1) is 0 Å². The van der Waals surface area contributed by atoms with Crippen molar-refractivity contribution in [2.45, 2.75) is 13.3 Å². The Kier molecular flexibility index (Phi) is 4.76. The number of rotatable bonds is 6. The molecule has 0 fully saturated rings. The fraction of sp³-hybridized carbons (Fsp3) is 0.455. The van der Waals surface area contributed by atoms with Gasteiger partial charge in [0, 0.05) is 6.54 Å². The number of nitrogens with one attached hydrogen (secondary N) is 1. The van der Waals surface area contributed by atoms with E-state index >= 15 is 0 Å². The number of hydrogen-bond acceptors (Lipinski definition) is 3. The van der Waals surface area contributed by atoms with Crippen molar-refractivity contribution in [1.29, 1.82) is 0 Å². The van der Waals surface area contributed by atoms with E-state index < -0.39 is 10.0 Å². The van der Waals surface area contributed by atoms with Gasteiger partial charge in [0.05, 0.1) is 12.9 Å². The molecule has 0 bridgehead atoms. The van der Waals surface area contributed by atoms with Crippen LogP contribution in [-0.2, 0) is 16.4 Å². The van der Waals surface area contributed by atoms with Crippen molar-refractivity contribution in [2.75, 3.05) is 19.4 Å². The highest BCUT2D eigenvalue weighted by atomic mass is 32.2. The van der Waals surface area contributed by atoms with E-state index in [2.05, 4.69) is 4.72 Å². The van der Waals surface area contributed by atoms with Gasteiger partial charge in [-0.05, 0) is 31.0 Å². The molecule has 1 N–H and O–H groups in total. The molecule has 0 aliphatic heterocycles. The summed E-state index contributed by atoms with van der Waals surface area (Å²) in [6.45, 7) is 3.01. The Hall–Kier alpha value is -1.07. The molecule has 0 saturated heterocycles. The topological polar surface area (TPSA) is 55.4 Å². The van der Waals surface area contributed by atoms with Gasteiger partial charge >= 0.3 is 0 Å². The van der Waals surface area contributed by atoms with Crippen molar-refractivity contribution in [2.24, 2.45) is 0 Å². The minimum atomic E-state index is -3.09. The summed E-state index contributed by atoms with van der Waals surface area (Å²) in [6, 6.07) is 7.66. The maximum atomic E-state index is 10.8. The fourth-order valence-corrected chi connectivity index (χ4v) is 1.77. The first-order valence-electron chi connectivity index (χ1n) is 5.17. The molecule has 0 unspecified atom stereocenters. The summed E-state index contributed by atoms with van der Waals surface area (Å²) >= 11 is 0. The maximum Gasteiger partial charge on any atom is 0.208 e. The molecule has 0 aliphatic rings. The van der Waals surface area contributed by atoms with E-state index in [4.69, 9.17) is 4.74 Å². The van der Waals surface area contributed by atoms with E-state index in [1.165, 1.54) is 0 Å². The molecule has 0 aromatic heterocycles. The van der Waals surface area contributed by atoms with E-state index in [-0.39, 0.29) is 0 Å². The molecule has 16 heavy (non-hydrogen) atoms. The average molecular weight is 243 g/mol. The third-order valence-electron chi connectivity index (χ3n) is 2.01. The number of benzene rings is 1. The first kappa shape index (κ1) is 13.0. The minimum Gasteiger partial charge on any atom is -0.494 e. The predicted octanol–water partition coefficient (Wildman–Crippen LogP) is 1.18. The van der Waals surface area contributed by atoms with Gasteiger partial charge in [0.1, 0.15) is 5.75 Å². The molecule has 5 heteroatoms. The lowest BCUT2D eigenvalue weighted by Gasteiger charge is -2.05. The molecular weight excluding hydrogens is 226 g/mol. The Morgan fingerprint density at radius 1 is 1.25 bits per heavy atom. The zero-order valence-electron chi connectivity index (χ0n) is 9.56. The van der Waals surface area contributed by atoms with E-state index in [1.807, 2.05) is 31.2 Å². The first-order valence-corrected chi connectivity index (χ1v) is 7.07. The Morgan fingerprint density at radius 2 is 1.88 bits per heavy atom. The second-order valence-corrected chi connectivity index (χ2v) is 5.33. The van der Waals surface area contributed by atoms with Crippen molar-refractivity contribution in [3.63, 3.8) is 0 Å². The van der Waals surface area contributed by atoms with Crippen LogP contribution < -0.4 is 9.46 Å². The van der Waals surface area contributed by atoms with Crippen LogP contribution in [0.3, 0.4) is 0 Å². The Morgan fingerprint density at radius 3 is 2.38 bits per heavy atom. The highest BCUT2D eigenvalue weighted by Gasteiger charge is 2.00. The molecule has 0 radical (unpaired) electrons. The zero-order valence-corrected chi connectivity index (χ0v) is 10.4. The molecule has 1 aromatic carbocycles.